The normalized spacial score (nSPS) is 19.7. The van der Waals surface area contributed by atoms with Gasteiger partial charge in [-0.1, -0.05) is 0 Å². The number of aryl methyl sites for hydroxylation is 1. The van der Waals surface area contributed by atoms with Crippen molar-refractivity contribution < 1.29 is 9.53 Å². The van der Waals surface area contributed by atoms with Crippen molar-refractivity contribution in [1.29, 1.82) is 0 Å². The van der Waals surface area contributed by atoms with Crippen LogP contribution >= 0.6 is 0 Å². The van der Waals surface area contributed by atoms with Gasteiger partial charge in [-0.3, -0.25) is 4.79 Å². The van der Waals surface area contributed by atoms with Crippen LogP contribution in [0.1, 0.15) is 22.3 Å². The number of primary amides is 1. The van der Waals surface area contributed by atoms with Gasteiger partial charge in [0.1, 0.15) is 0 Å². The standard InChI is InChI=1S/C12H16N2O2/c1-8-6-9(12(13)15)2-3-11(8)14-10-4-5-16-7-10/h2-3,6,10,14H,4-5,7H2,1H3,(H2,13,15). The predicted octanol–water partition coefficient (Wildman–Crippen LogP) is 1.29. The smallest absolute Gasteiger partial charge is 0.248 e. The van der Waals surface area contributed by atoms with Gasteiger partial charge in [0.25, 0.3) is 0 Å². The lowest BCUT2D eigenvalue weighted by molar-refractivity contribution is 0.1000. The molecule has 0 aromatic heterocycles. The van der Waals surface area contributed by atoms with E-state index in [2.05, 4.69) is 5.32 Å². The average Bonchev–Trinajstić information content (AvgIpc) is 2.73. The van der Waals surface area contributed by atoms with E-state index in [9.17, 15) is 4.79 Å². The Hall–Kier alpha value is -1.55. The molecule has 0 saturated carbocycles. The lowest BCUT2D eigenvalue weighted by atomic mass is 10.1. The second-order valence-electron chi connectivity index (χ2n) is 4.10. The monoisotopic (exact) mass is 220 g/mol. The number of carbonyl (C=O) groups is 1. The summed E-state index contributed by atoms with van der Waals surface area (Å²) in [6, 6.07) is 5.82. The molecule has 4 heteroatoms. The second kappa shape index (κ2) is 4.53. The van der Waals surface area contributed by atoms with E-state index >= 15 is 0 Å². The molecule has 1 saturated heterocycles. The molecule has 1 heterocycles. The van der Waals surface area contributed by atoms with E-state index in [0.29, 0.717) is 11.6 Å². The fraction of sp³-hybridized carbons (Fsp3) is 0.417. The number of benzene rings is 1. The molecule has 1 aromatic carbocycles. The highest BCUT2D eigenvalue weighted by Gasteiger charge is 2.16. The molecule has 0 bridgehead atoms. The van der Waals surface area contributed by atoms with Gasteiger partial charge in [0.2, 0.25) is 5.91 Å². The molecule has 4 nitrogen and oxygen atoms in total. The van der Waals surface area contributed by atoms with Crippen LogP contribution in [-0.2, 0) is 4.74 Å². The first-order valence-electron chi connectivity index (χ1n) is 5.41. The SMILES string of the molecule is Cc1cc(C(N)=O)ccc1NC1CCOC1. The van der Waals surface area contributed by atoms with Crippen molar-refractivity contribution in [2.45, 2.75) is 19.4 Å². The molecule has 1 aliphatic heterocycles. The lowest BCUT2D eigenvalue weighted by Gasteiger charge is -2.14. The highest BCUT2D eigenvalue weighted by molar-refractivity contribution is 5.93. The van der Waals surface area contributed by atoms with Crippen LogP contribution in [0.4, 0.5) is 5.69 Å². The molecular weight excluding hydrogens is 204 g/mol. The summed E-state index contributed by atoms with van der Waals surface area (Å²) in [7, 11) is 0. The summed E-state index contributed by atoms with van der Waals surface area (Å²) in [4.78, 5) is 11.0. The van der Waals surface area contributed by atoms with Crippen molar-refractivity contribution in [1.82, 2.24) is 0 Å². The van der Waals surface area contributed by atoms with Gasteiger partial charge in [-0.25, -0.2) is 0 Å². The van der Waals surface area contributed by atoms with Crippen molar-refractivity contribution >= 4 is 11.6 Å². The van der Waals surface area contributed by atoms with Crippen LogP contribution < -0.4 is 11.1 Å². The van der Waals surface area contributed by atoms with Gasteiger partial charge in [-0.15, -0.1) is 0 Å². The summed E-state index contributed by atoms with van der Waals surface area (Å²) >= 11 is 0. The first kappa shape index (κ1) is 11.0. The van der Waals surface area contributed by atoms with Gasteiger partial charge < -0.3 is 15.8 Å². The Balaban J connectivity index is 2.12. The molecule has 1 atom stereocenters. The lowest BCUT2D eigenvalue weighted by Crippen LogP contribution is -2.20. The van der Waals surface area contributed by atoms with Crippen LogP contribution in [0.2, 0.25) is 0 Å². The van der Waals surface area contributed by atoms with Crippen molar-refractivity contribution in [2.75, 3.05) is 18.5 Å². The Kier molecular flexibility index (Phi) is 3.10. The molecule has 0 radical (unpaired) electrons. The first-order valence-corrected chi connectivity index (χ1v) is 5.41. The zero-order valence-electron chi connectivity index (χ0n) is 9.32. The zero-order valence-corrected chi connectivity index (χ0v) is 9.32. The number of rotatable bonds is 3. The third kappa shape index (κ3) is 2.33. The van der Waals surface area contributed by atoms with Crippen molar-refractivity contribution in [2.24, 2.45) is 5.73 Å². The van der Waals surface area contributed by atoms with Gasteiger partial charge in [0.15, 0.2) is 0 Å². The summed E-state index contributed by atoms with van der Waals surface area (Å²) in [6.45, 7) is 3.53. The molecule has 3 N–H and O–H groups in total. The van der Waals surface area contributed by atoms with Gasteiger partial charge in [-0.05, 0) is 37.1 Å². The van der Waals surface area contributed by atoms with Gasteiger partial charge in [-0.2, -0.15) is 0 Å². The second-order valence-corrected chi connectivity index (χ2v) is 4.10. The van der Waals surface area contributed by atoms with Crippen LogP contribution in [0.25, 0.3) is 0 Å². The van der Waals surface area contributed by atoms with Crippen LogP contribution in [0.15, 0.2) is 18.2 Å². The number of amides is 1. The van der Waals surface area contributed by atoms with Gasteiger partial charge in [0.05, 0.1) is 12.6 Å². The minimum absolute atomic E-state index is 0.373. The third-order valence-corrected chi connectivity index (χ3v) is 2.80. The molecular formula is C12H16N2O2. The highest BCUT2D eigenvalue weighted by Crippen LogP contribution is 2.19. The number of carbonyl (C=O) groups excluding carboxylic acids is 1. The fourth-order valence-electron chi connectivity index (χ4n) is 1.85. The maximum absolute atomic E-state index is 11.0. The number of nitrogens with two attached hydrogens (primary N) is 1. The van der Waals surface area contributed by atoms with E-state index in [1.54, 1.807) is 12.1 Å². The van der Waals surface area contributed by atoms with E-state index < -0.39 is 0 Å². The summed E-state index contributed by atoms with van der Waals surface area (Å²) in [6.07, 6.45) is 1.02. The average molecular weight is 220 g/mol. The first-order chi connectivity index (χ1) is 7.66. The summed E-state index contributed by atoms with van der Waals surface area (Å²) in [5.74, 6) is -0.390. The van der Waals surface area contributed by atoms with Crippen LogP contribution in [0.5, 0.6) is 0 Å². The Bertz CT molecular complexity index is 398. The summed E-state index contributed by atoms with van der Waals surface area (Å²) in [5.41, 5.74) is 7.84. The quantitative estimate of drug-likeness (QED) is 0.806. The van der Waals surface area contributed by atoms with Gasteiger partial charge in [0, 0.05) is 17.9 Å². The largest absolute Gasteiger partial charge is 0.380 e. The molecule has 1 aliphatic rings. The maximum Gasteiger partial charge on any atom is 0.248 e. The molecule has 0 aliphatic carbocycles. The molecule has 1 fully saturated rings. The van der Waals surface area contributed by atoms with E-state index in [1.807, 2.05) is 13.0 Å². The van der Waals surface area contributed by atoms with E-state index in [-0.39, 0.29) is 5.91 Å². The highest BCUT2D eigenvalue weighted by atomic mass is 16.5. The summed E-state index contributed by atoms with van der Waals surface area (Å²) in [5, 5.41) is 3.40. The molecule has 1 aromatic rings. The molecule has 16 heavy (non-hydrogen) atoms. The zero-order chi connectivity index (χ0) is 11.5. The third-order valence-electron chi connectivity index (χ3n) is 2.80. The minimum atomic E-state index is -0.390. The topological polar surface area (TPSA) is 64.4 Å². The van der Waals surface area contributed by atoms with E-state index in [0.717, 1.165) is 30.9 Å². The number of hydrogen-bond donors (Lipinski definition) is 2. The number of ether oxygens (including phenoxy) is 1. The maximum atomic E-state index is 11.0. The van der Waals surface area contributed by atoms with Crippen LogP contribution in [-0.4, -0.2) is 25.2 Å². The van der Waals surface area contributed by atoms with E-state index in [4.69, 9.17) is 10.5 Å². The van der Waals surface area contributed by atoms with Crippen molar-refractivity contribution in [3.63, 3.8) is 0 Å². The van der Waals surface area contributed by atoms with Crippen molar-refractivity contribution in [3.8, 4) is 0 Å². The molecule has 0 spiro atoms. The van der Waals surface area contributed by atoms with Crippen LogP contribution in [0.3, 0.4) is 0 Å². The molecule has 2 rings (SSSR count). The van der Waals surface area contributed by atoms with E-state index in [1.165, 1.54) is 0 Å². The minimum Gasteiger partial charge on any atom is -0.380 e. The Morgan fingerprint density at radius 1 is 1.56 bits per heavy atom. The Morgan fingerprint density at radius 3 is 2.94 bits per heavy atom. The number of anilines is 1. The fourth-order valence-corrected chi connectivity index (χ4v) is 1.85. The predicted molar refractivity (Wildman–Crippen MR) is 62.5 cm³/mol. The van der Waals surface area contributed by atoms with Crippen molar-refractivity contribution in [3.05, 3.63) is 29.3 Å². The molecule has 86 valence electrons. The Morgan fingerprint density at radius 2 is 2.38 bits per heavy atom. The molecule has 1 unspecified atom stereocenters. The Labute approximate surface area is 94.8 Å². The van der Waals surface area contributed by atoms with Crippen LogP contribution in [0, 0.1) is 6.92 Å². The van der Waals surface area contributed by atoms with Gasteiger partial charge >= 0.3 is 0 Å². The molecule has 1 amide bonds. The number of hydrogen-bond acceptors (Lipinski definition) is 3. The number of nitrogens with one attached hydrogen (secondary N) is 1. The summed E-state index contributed by atoms with van der Waals surface area (Å²) < 4.78 is 5.29.